The van der Waals surface area contributed by atoms with Crippen molar-refractivity contribution in [1.82, 2.24) is 0 Å². The van der Waals surface area contributed by atoms with E-state index in [2.05, 4.69) is 6.58 Å². The van der Waals surface area contributed by atoms with Gasteiger partial charge in [0.15, 0.2) is 12.1 Å². The molecule has 0 aliphatic rings. The van der Waals surface area contributed by atoms with Crippen molar-refractivity contribution in [2.24, 2.45) is 5.92 Å². The van der Waals surface area contributed by atoms with Gasteiger partial charge in [0.2, 0.25) is 0 Å². The van der Waals surface area contributed by atoms with Gasteiger partial charge in [-0.05, 0) is 25.8 Å². The first kappa shape index (κ1) is 13.3. The van der Waals surface area contributed by atoms with Crippen molar-refractivity contribution in [2.45, 2.75) is 40.1 Å². The van der Waals surface area contributed by atoms with Gasteiger partial charge in [0.25, 0.3) is 0 Å². The van der Waals surface area contributed by atoms with Crippen LogP contribution in [0.3, 0.4) is 0 Å². The van der Waals surface area contributed by atoms with Crippen LogP contribution < -0.4 is 0 Å². The van der Waals surface area contributed by atoms with Crippen molar-refractivity contribution in [3.63, 3.8) is 0 Å². The fourth-order valence-electron chi connectivity index (χ4n) is 1.15. The summed E-state index contributed by atoms with van der Waals surface area (Å²) in [5, 5.41) is 0. The van der Waals surface area contributed by atoms with Crippen LogP contribution in [-0.4, -0.2) is 24.8 Å². The minimum absolute atomic E-state index is 0.0912. The van der Waals surface area contributed by atoms with E-state index in [0.717, 1.165) is 0 Å². The number of carbonyl (C=O) groups excluding carboxylic acids is 1. The van der Waals surface area contributed by atoms with Gasteiger partial charge >= 0.3 is 0 Å². The molecule has 3 heteroatoms. The molecule has 1 unspecified atom stereocenters. The van der Waals surface area contributed by atoms with Crippen molar-refractivity contribution in [3.05, 3.63) is 12.7 Å². The molecule has 0 aromatic carbocycles. The second-order valence-electron chi connectivity index (χ2n) is 3.43. The van der Waals surface area contributed by atoms with Gasteiger partial charge in [0.05, 0.1) is 0 Å². The third-order valence-electron chi connectivity index (χ3n) is 1.83. The first-order valence-corrected chi connectivity index (χ1v) is 4.96. The van der Waals surface area contributed by atoms with Crippen LogP contribution in [-0.2, 0) is 14.3 Å². The summed E-state index contributed by atoms with van der Waals surface area (Å²) in [6.07, 6.45) is 0.494. The van der Waals surface area contributed by atoms with Gasteiger partial charge in [-0.15, -0.1) is 0 Å². The van der Waals surface area contributed by atoms with E-state index in [4.69, 9.17) is 9.47 Å². The first-order chi connectivity index (χ1) is 6.52. The Morgan fingerprint density at radius 1 is 1.43 bits per heavy atom. The molecule has 0 saturated carbocycles. The lowest BCUT2D eigenvalue weighted by molar-refractivity contribution is -0.174. The molecule has 0 radical (unpaired) electrons. The fourth-order valence-corrected chi connectivity index (χ4v) is 1.15. The lowest BCUT2D eigenvalue weighted by atomic mass is 10.0. The topological polar surface area (TPSA) is 35.5 Å². The second kappa shape index (κ2) is 6.74. The molecule has 0 rings (SSSR count). The summed E-state index contributed by atoms with van der Waals surface area (Å²) in [5.41, 5.74) is 0. The van der Waals surface area contributed by atoms with E-state index in [1.165, 1.54) is 6.08 Å². The van der Waals surface area contributed by atoms with Gasteiger partial charge in [0, 0.05) is 6.61 Å². The van der Waals surface area contributed by atoms with Crippen LogP contribution in [0.15, 0.2) is 12.7 Å². The zero-order chi connectivity index (χ0) is 11.1. The van der Waals surface area contributed by atoms with Gasteiger partial charge in [-0.2, -0.15) is 0 Å². The van der Waals surface area contributed by atoms with Crippen molar-refractivity contribution >= 4 is 5.78 Å². The molecule has 0 saturated heterocycles. The first-order valence-electron chi connectivity index (χ1n) is 4.96. The maximum absolute atomic E-state index is 11.4. The van der Waals surface area contributed by atoms with Gasteiger partial charge < -0.3 is 9.47 Å². The predicted molar refractivity (Wildman–Crippen MR) is 56.0 cm³/mol. The minimum Gasteiger partial charge on any atom is -0.353 e. The summed E-state index contributed by atoms with van der Waals surface area (Å²) in [5.74, 6) is 0.0370. The standard InChI is InChI=1S/C11H20O3/c1-6-10(12)11(8(3)4)14-9(5)13-7-2/h6,8-9,11H,1,7H2,2-5H3/t9?,11-/m0/s1. The number of ether oxygens (including phenoxy) is 2. The monoisotopic (exact) mass is 200 g/mol. The summed E-state index contributed by atoms with van der Waals surface area (Å²) in [6.45, 7) is 11.6. The Bertz CT molecular complexity index is 187. The Labute approximate surface area is 86.1 Å². The second-order valence-corrected chi connectivity index (χ2v) is 3.43. The Balaban J connectivity index is 4.22. The van der Waals surface area contributed by atoms with Crippen molar-refractivity contribution in [3.8, 4) is 0 Å². The fraction of sp³-hybridized carbons (Fsp3) is 0.727. The van der Waals surface area contributed by atoms with Crippen LogP contribution in [0.1, 0.15) is 27.7 Å². The molecule has 3 nitrogen and oxygen atoms in total. The van der Waals surface area contributed by atoms with Crippen LogP contribution in [0.25, 0.3) is 0 Å². The molecule has 0 bridgehead atoms. The molecule has 0 aliphatic heterocycles. The molecule has 0 aromatic rings. The number of hydrogen-bond donors (Lipinski definition) is 0. The van der Waals surface area contributed by atoms with E-state index in [-0.39, 0.29) is 18.0 Å². The molecule has 0 spiro atoms. The van der Waals surface area contributed by atoms with Crippen LogP contribution in [0, 0.1) is 5.92 Å². The zero-order valence-electron chi connectivity index (χ0n) is 9.45. The third-order valence-corrected chi connectivity index (χ3v) is 1.83. The van der Waals surface area contributed by atoms with Crippen molar-refractivity contribution < 1.29 is 14.3 Å². The average Bonchev–Trinajstić information content (AvgIpc) is 2.13. The van der Waals surface area contributed by atoms with Gasteiger partial charge in [-0.25, -0.2) is 0 Å². The quantitative estimate of drug-likeness (QED) is 0.466. The van der Waals surface area contributed by atoms with E-state index in [1.54, 1.807) is 6.92 Å². The van der Waals surface area contributed by atoms with Crippen LogP contribution in [0.2, 0.25) is 0 Å². The maximum Gasteiger partial charge on any atom is 0.184 e. The molecule has 0 aliphatic carbocycles. The molecular formula is C11H20O3. The van der Waals surface area contributed by atoms with E-state index < -0.39 is 6.10 Å². The van der Waals surface area contributed by atoms with Crippen LogP contribution in [0.5, 0.6) is 0 Å². The molecule has 2 atom stereocenters. The van der Waals surface area contributed by atoms with Gasteiger partial charge in [0.1, 0.15) is 6.10 Å². The van der Waals surface area contributed by atoms with E-state index in [0.29, 0.717) is 6.61 Å². The van der Waals surface area contributed by atoms with Crippen molar-refractivity contribution in [1.29, 1.82) is 0 Å². The highest BCUT2D eigenvalue weighted by Gasteiger charge is 2.22. The third kappa shape index (κ3) is 4.53. The molecule has 0 aromatic heterocycles. The SMILES string of the molecule is C=CC(=O)[C@@H](OC(C)OCC)C(C)C. The highest BCUT2D eigenvalue weighted by Crippen LogP contribution is 2.11. The van der Waals surface area contributed by atoms with Gasteiger partial charge in [-0.1, -0.05) is 20.4 Å². The number of hydrogen-bond acceptors (Lipinski definition) is 3. The Hall–Kier alpha value is -0.670. The molecule has 82 valence electrons. The summed E-state index contributed by atoms with van der Waals surface area (Å²) in [6, 6.07) is 0. The number of ketones is 1. The average molecular weight is 200 g/mol. The Morgan fingerprint density at radius 3 is 2.36 bits per heavy atom. The minimum atomic E-state index is -0.450. The normalized spacial score (nSPS) is 15.2. The Kier molecular flexibility index (Phi) is 6.41. The Morgan fingerprint density at radius 2 is 2.00 bits per heavy atom. The summed E-state index contributed by atoms with van der Waals surface area (Å²) in [7, 11) is 0. The van der Waals surface area contributed by atoms with Gasteiger partial charge in [-0.3, -0.25) is 4.79 Å². The smallest absolute Gasteiger partial charge is 0.184 e. The van der Waals surface area contributed by atoms with Crippen LogP contribution >= 0.6 is 0 Å². The summed E-state index contributed by atoms with van der Waals surface area (Å²) >= 11 is 0. The predicted octanol–water partition coefficient (Wildman–Crippen LogP) is 2.17. The molecule has 0 N–H and O–H groups in total. The maximum atomic E-state index is 11.4. The molecular weight excluding hydrogens is 180 g/mol. The summed E-state index contributed by atoms with van der Waals surface area (Å²) in [4.78, 5) is 11.4. The molecule has 0 amide bonds. The van der Waals surface area contributed by atoms with E-state index >= 15 is 0 Å². The van der Waals surface area contributed by atoms with Crippen molar-refractivity contribution in [2.75, 3.05) is 6.61 Å². The lowest BCUT2D eigenvalue weighted by Crippen LogP contribution is -2.32. The number of rotatable bonds is 7. The number of carbonyl (C=O) groups is 1. The highest BCUT2D eigenvalue weighted by atomic mass is 16.7. The van der Waals surface area contributed by atoms with Crippen LogP contribution in [0.4, 0.5) is 0 Å². The molecule has 14 heavy (non-hydrogen) atoms. The van der Waals surface area contributed by atoms with E-state index in [9.17, 15) is 4.79 Å². The largest absolute Gasteiger partial charge is 0.353 e. The highest BCUT2D eigenvalue weighted by molar-refractivity contribution is 5.93. The molecule has 0 fully saturated rings. The van der Waals surface area contributed by atoms with E-state index in [1.807, 2.05) is 20.8 Å². The summed E-state index contributed by atoms with van der Waals surface area (Å²) < 4.78 is 10.7. The lowest BCUT2D eigenvalue weighted by Gasteiger charge is -2.23. The molecule has 0 heterocycles. The zero-order valence-corrected chi connectivity index (χ0v) is 9.45.